The van der Waals surface area contributed by atoms with Crippen LogP contribution in [0.1, 0.15) is 26.4 Å². The van der Waals surface area contributed by atoms with Crippen molar-refractivity contribution in [3.05, 3.63) is 82.4 Å². The lowest BCUT2D eigenvalue weighted by atomic mass is 10.1. The van der Waals surface area contributed by atoms with Crippen molar-refractivity contribution in [3.8, 4) is 11.5 Å². The van der Waals surface area contributed by atoms with Crippen LogP contribution in [0.4, 0.5) is 5.82 Å². The summed E-state index contributed by atoms with van der Waals surface area (Å²) in [6.45, 7) is 6.05. The van der Waals surface area contributed by atoms with Gasteiger partial charge in [0, 0.05) is 16.6 Å². The number of anilines is 1. The van der Waals surface area contributed by atoms with Crippen LogP contribution in [0.5, 0.6) is 11.5 Å². The standard InChI is InChI=1S/C23H20N2O2S.O2S/c1-14-4-7-19(8-5-14)27-20-12-18(11-17-10-16(3)28-22(17)20)23(26)25-21-9-6-15(2)13-24-21;1-3-2/h4-13H,1-3H3,(H,24,25,26);. The number of carbonyl (C=O) groups excluding carboxylic acids is 1. The van der Waals surface area contributed by atoms with Crippen LogP contribution in [0.3, 0.4) is 0 Å². The molecular weight excluding hydrogens is 432 g/mol. The van der Waals surface area contributed by atoms with Gasteiger partial charge in [-0.1, -0.05) is 23.8 Å². The van der Waals surface area contributed by atoms with Crippen molar-refractivity contribution in [1.82, 2.24) is 4.98 Å². The number of pyridine rings is 1. The van der Waals surface area contributed by atoms with E-state index < -0.39 is 11.6 Å². The Morgan fingerprint density at radius 1 is 0.968 bits per heavy atom. The average Bonchev–Trinajstić information content (AvgIpc) is 3.12. The number of ether oxygens (including phenoxy) is 1. The number of nitrogens with one attached hydrogen (secondary N) is 1. The maximum absolute atomic E-state index is 12.8. The third-order valence-electron chi connectivity index (χ3n) is 4.37. The number of amides is 1. The lowest BCUT2D eigenvalue weighted by Gasteiger charge is -2.10. The molecule has 2 aromatic carbocycles. The van der Waals surface area contributed by atoms with Gasteiger partial charge >= 0.3 is 11.6 Å². The molecule has 0 saturated carbocycles. The molecule has 2 heterocycles. The molecule has 0 radical (unpaired) electrons. The molecule has 0 spiro atoms. The van der Waals surface area contributed by atoms with Crippen LogP contribution in [0, 0.1) is 20.8 Å². The van der Waals surface area contributed by atoms with Crippen LogP contribution in [0.2, 0.25) is 0 Å². The van der Waals surface area contributed by atoms with Gasteiger partial charge in [-0.25, -0.2) is 4.98 Å². The highest BCUT2D eigenvalue weighted by atomic mass is 32.1. The molecule has 0 atom stereocenters. The van der Waals surface area contributed by atoms with Gasteiger partial charge in [0.15, 0.2) is 0 Å². The van der Waals surface area contributed by atoms with Gasteiger partial charge in [-0.15, -0.1) is 11.3 Å². The Kier molecular flexibility index (Phi) is 7.28. The van der Waals surface area contributed by atoms with E-state index >= 15 is 0 Å². The number of aromatic nitrogens is 1. The Bertz CT molecular complexity index is 1240. The van der Waals surface area contributed by atoms with Gasteiger partial charge in [-0.2, -0.15) is 8.42 Å². The number of fused-ring (bicyclic) bond motifs is 1. The number of hydrogen-bond donors (Lipinski definition) is 1. The molecule has 0 unspecified atom stereocenters. The van der Waals surface area contributed by atoms with E-state index in [0.717, 1.165) is 21.4 Å². The quantitative estimate of drug-likeness (QED) is 0.436. The topological polar surface area (TPSA) is 85.4 Å². The second kappa shape index (κ2) is 10.1. The fraction of sp³-hybridized carbons (Fsp3) is 0.130. The first-order chi connectivity index (χ1) is 14.9. The minimum absolute atomic E-state index is 0.212. The van der Waals surface area contributed by atoms with E-state index in [0.29, 0.717) is 17.1 Å². The van der Waals surface area contributed by atoms with Gasteiger partial charge in [0.05, 0.1) is 4.70 Å². The summed E-state index contributed by atoms with van der Waals surface area (Å²) >= 11 is 0.908. The van der Waals surface area contributed by atoms with E-state index in [4.69, 9.17) is 13.2 Å². The summed E-state index contributed by atoms with van der Waals surface area (Å²) < 4.78 is 23.7. The Balaban J connectivity index is 0.000000858. The summed E-state index contributed by atoms with van der Waals surface area (Å²) in [5.74, 6) is 1.74. The molecule has 31 heavy (non-hydrogen) atoms. The first kappa shape index (κ1) is 22.3. The molecule has 0 aliphatic heterocycles. The summed E-state index contributed by atoms with van der Waals surface area (Å²) in [4.78, 5) is 18.2. The van der Waals surface area contributed by atoms with Crippen molar-refractivity contribution in [1.29, 1.82) is 0 Å². The monoisotopic (exact) mass is 452 g/mol. The Morgan fingerprint density at radius 2 is 1.65 bits per heavy atom. The largest absolute Gasteiger partial charge is 0.456 e. The van der Waals surface area contributed by atoms with Crippen molar-refractivity contribution < 1.29 is 17.9 Å². The maximum atomic E-state index is 12.8. The van der Waals surface area contributed by atoms with Gasteiger partial charge in [0.2, 0.25) is 0 Å². The average molecular weight is 453 g/mol. The molecule has 6 nitrogen and oxygen atoms in total. The molecule has 4 rings (SSSR count). The second-order valence-corrected chi connectivity index (χ2v) is 8.30. The van der Waals surface area contributed by atoms with Crippen molar-refractivity contribution in [2.75, 3.05) is 5.32 Å². The SMILES string of the molecule is Cc1ccc(Oc2cc(C(=O)Nc3ccc(C)cn3)cc3cc(C)sc23)cc1.O=S=O. The van der Waals surface area contributed by atoms with Crippen molar-refractivity contribution in [2.45, 2.75) is 20.8 Å². The number of nitrogens with zero attached hydrogens (tertiary/aromatic N) is 1. The summed E-state index contributed by atoms with van der Waals surface area (Å²) in [5, 5.41) is 3.85. The highest BCUT2D eigenvalue weighted by Gasteiger charge is 2.15. The highest BCUT2D eigenvalue weighted by Crippen LogP contribution is 2.37. The lowest BCUT2D eigenvalue weighted by Crippen LogP contribution is -2.13. The molecule has 1 amide bonds. The van der Waals surface area contributed by atoms with E-state index in [1.807, 2.05) is 50.2 Å². The number of aryl methyl sites for hydroxylation is 3. The predicted octanol–water partition coefficient (Wildman–Crippen LogP) is 5.60. The van der Waals surface area contributed by atoms with Crippen LogP contribution >= 0.6 is 11.3 Å². The minimum atomic E-state index is -0.750. The third kappa shape index (κ3) is 5.84. The molecule has 158 valence electrons. The number of carbonyl (C=O) groups is 1. The summed E-state index contributed by atoms with van der Waals surface area (Å²) in [6.07, 6.45) is 1.73. The number of thiophene rings is 1. The summed E-state index contributed by atoms with van der Waals surface area (Å²) in [6, 6.07) is 17.4. The maximum Gasteiger partial charge on any atom is 0.335 e. The summed E-state index contributed by atoms with van der Waals surface area (Å²) in [5.41, 5.74) is 2.75. The number of rotatable bonds is 4. The number of hydrogen-bond acceptors (Lipinski definition) is 6. The fourth-order valence-corrected chi connectivity index (χ4v) is 3.86. The molecule has 0 fully saturated rings. The van der Waals surface area contributed by atoms with E-state index in [1.165, 1.54) is 10.4 Å². The van der Waals surface area contributed by atoms with Crippen molar-refractivity contribution in [3.63, 3.8) is 0 Å². The molecule has 0 aliphatic carbocycles. The van der Waals surface area contributed by atoms with E-state index in [1.54, 1.807) is 29.7 Å². The Labute approximate surface area is 187 Å². The molecule has 0 aliphatic rings. The Morgan fingerprint density at radius 3 is 2.29 bits per heavy atom. The van der Waals surface area contributed by atoms with Gasteiger partial charge in [0.1, 0.15) is 17.3 Å². The zero-order chi connectivity index (χ0) is 22.4. The van der Waals surface area contributed by atoms with Crippen LogP contribution < -0.4 is 10.1 Å². The normalized spacial score (nSPS) is 10.2. The van der Waals surface area contributed by atoms with E-state index in [2.05, 4.69) is 23.3 Å². The molecule has 1 N–H and O–H groups in total. The van der Waals surface area contributed by atoms with Crippen LogP contribution in [-0.4, -0.2) is 19.3 Å². The van der Waals surface area contributed by atoms with Gasteiger partial charge in [0.25, 0.3) is 5.91 Å². The first-order valence-electron chi connectivity index (χ1n) is 9.34. The van der Waals surface area contributed by atoms with Gasteiger partial charge in [-0.05, 0) is 68.1 Å². The molecular formula is C23H20N2O4S2. The second-order valence-electron chi connectivity index (χ2n) is 6.91. The molecule has 8 heteroatoms. The first-order valence-corrected chi connectivity index (χ1v) is 10.8. The van der Waals surface area contributed by atoms with Crippen LogP contribution in [-0.2, 0) is 11.6 Å². The zero-order valence-electron chi connectivity index (χ0n) is 17.2. The van der Waals surface area contributed by atoms with Crippen LogP contribution in [0.25, 0.3) is 10.1 Å². The molecule has 0 bridgehead atoms. The molecule has 2 aromatic heterocycles. The van der Waals surface area contributed by atoms with Gasteiger partial charge < -0.3 is 10.1 Å². The van der Waals surface area contributed by atoms with Crippen molar-refractivity contribution >= 4 is 44.7 Å². The molecule has 0 saturated heterocycles. The number of benzene rings is 2. The van der Waals surface area contributed by atoms with Crippen LogP contribution in [0.15, 0.2) is 60.8 Å². The van der Waals surface area contributed by atoms with E-state index in [9.17, 15) is 4.79 Å². The smallest absolute Gasteiger partial charge is 0.335 e. The summed E-state index contributed by atoms with van der Waals surface area (Å²) in [7, 11) is 0. The van der Waals surface area contributed by atoms with E-state index in [-0.39, 0.29) is 5.91 Å². The fourth-order valence-electron chi connectivity index (χ4n) is 2.92. The predicted molar refractivity (Wildman–Crippen MR) is 124 cm³/mol. The Hall–Kier alpha value is -3.36. The minimum Gasteiger partial charge on any atom is -0.456 e. The highest BCUT2D eigenvalue weighted by molar-refractivity contribution is 7.51. The zero-order valence-corrected chi connectivity index (χ0v) is 18.8. The third-order valence-corrected chi connectivity index (χ3v) is 5.45. The lowest BCUT2D eigenvalue weighted by molar-refractivity contribution is 0.102. The molecule has 4 aromatic rings. The van der Waals surface area contributed by atoms with Gasteiger partial charge in [-0.3, -0.25) is 4.79 Å². The van der Waals surface area contributed by atoms with Crippen molar-refractivity contribution in [2.24, 2.45) is 0 Å².